The van der Waals surface area contributed by atoms with Crippen LogP contribution in [0.25, 0.3) is 0 Å². The molecule has 0 aliphatic carbocycles. The van der Waals surface area contributed by atoms with Gasteiger partial charge in [-0.25, -0.2) is 9.78 Å². The summed E-state index contributed by atoms with van der Waals surface area (Å²) >= 11 is 2.82. The number of hydrogen-bond acceptors (Lipinski definition) is 5. The van der Waals surface area contributed by atoms with Crippen LogP contribution in [0.1, 0.15) is 15.9 Å². The topological polar surface area (TPSA) is 63.1 Å². The lowest BCUT2D eigenvalue weighted by molar-refractivity contribution is 0.0696. The molecule has 0 aliphatic heterocycles. The SMILES string of the molecule is Cc1cc(C(=O)O)ccc1Sc1ncns1. The zero-order valence-corrected chi connectivity index (χ0v) is 10.0. The van der Waals surface area contributed by atoms with E-state index < -0.39 is 5.97 Å². The maximum Gasteiger partial charge on any atom is 0.335 e. The zero-order chi connectivity index (χ0) is 11.5. The van der Waals surface area contributed by atoms with E-state index in [2.05, 4.69) is 9.36 Å². The summed E-state index contributed by atoms with van der Waals surface area (Å²) in [6.45, 7) is 1.88. The van der Waals surface area contributed by atoms with Crippen LogP contribution in [0.5, 0.6) is 0 Å². The smallest absolute Gasteiger partial charge is 0.335 e. The first kappa shape index (κ1) is 11.1. The highest BCUT2D eigenvalue weighted by atomic mass is 32.2. The van der Waals surface area contributed by atoms with E-state index in [9.17, 15) is 4.79 Å². The molecule has 4 nitrogen and oxygen atoms in total. The number of nitrogens with zero attached hydrogens (tertiary/aromatic N) is 2. The Morgan fingerprint density at radius 2 is 2.31 bits per heavy atom. The quantitative estimate of drug-likeness (QED) is 0.910. The van der Waals surface area contributed by atoms with Gasteiger partial charge in [0.25, 0.3) is 0 Å². The fourth-order valence-electron chi connectivity index (χ4n) is 1.20. The van der Waals surface area contributed by atoms with Gasteiger partial charge in [-0.1, -0.05) is 11.8 Å². The van der Waals surface area contributed by atoms with Crippen LogP contribution >= 0.6 is 23.3 Å². The molecule has 0 spiro atoms. The molecule has 2 rings (SSSR count). The Morgan fingerprint density at radius 3 is 2.88 bits per heavy atom. The van der Waals surface area contributed by atoms with Gasteiger partial charge >= 0.3 is 5.97 Å². The number of benzene rings is 1. The van der Waals surface area contributed by atoms with Gasteiger partial charge in [0, 0.05) is 4.90 Å². The minimum atomic E-state index is -0.907. The Labute approximate surface area is 101 Å². The van der Waals surface area contributed by atoms with E-state index in [0.717, 1.165) is 14.8 Å². The molecule has 0 atom stereocenters. The molecule has 1 aromatic heterocycles. The van der Waals surface area contributed by atoms with Gasteiger partial charge in [-0.2, -0.15) is 4.37 Å². The van der Waals surface area contributed by atoms with Crippen LogP contribution in [-0.2, 0) is 0 Å². The lowest BCUT2D eigenvalue weighted by Gasteiger charge is -2.03. The first-order valence-electron chi connectivity index (χ1n) is 4.45. The molecule has 82 valence electrons. The van der Waals surface area contributed by atoms with Gasteiger partial charge < -0.3 is 5.11 Å². The van der Waals surface area contributed by atoms with Crippen molar-refractivity contribution in [3.8, 4) is 0 Å². The van der Waals surface area contributed by atoms with Crippen molar-refractivity contribution in [2.24, 2.45) is 0 Å². The number of rotatable bonds is 3. The lowest BCUT2D eigenvalue weighted by atomic mass is 10.1. The molecule has 0 unspecified atom stereocenters. The van der Waals surface area contributed by atoms with Gasteiger partial charge in [0.2, 0.25) is 0 Å². The Balaban J connectivity index is 2.26. The summed E-state index contributed by atoms with van der Waals surface area (Å²) in [5, 5.41) is 8.83. The van der Waals surface area contributed by atoms with Crippen molar-refractivity contribution in [2.45, 2.75) is 16.2 Å². The van der Waals surface area contributed by atoms with E-state index in [1.807, 2.05) is 6.92 Å². The van der Waals surface area contributed by atoms with Gasteiger partial charge in [0.15, 0.2) is 4.34 Å². The molecule has 6 heteroatoms. The van der Waals surface area contributed by atoms with E-state index >= 15 is 0 Å². The number of hydrogen-bond donors (Lipinski definition) is 1. The molecule has 16 heavy (non-hydrogen) atoms. The Hall–Kier alpha value is -1.40. The predicted octanol–water partition coefficient (Wildman–Crippen LogP) is 2.70. The van der Waals surface area contributed by atoms with Crippen LogP contribution in [-0.4, -0.2) is 20.4 Å². The van der Waals surface area contributed by atoms with E-state index in [1.165, 1.54) is 29.6 Å². The molecular weight excluding hydrogens is 244 g/mol. The van der Waals surface area contributed by atoms with E-state index in [4.69, 9.17) is 5.11 Å². The fraction of sp³-hybridized carbons (Fsp3) is 0.100. The van der Waals surface area contributed by atoms with Crippen molar-refractivity contribution in [1.29, 1.82) is 0 Å². The summed E-state index contributed by atoms with van der Waals surface area (Å²) < 4.78 is 4.76. The molecule has 1 N–H and O–H groups in total. The Bertz CT molecular complexity index is 512. The average molecular weight is 252 g/mol. The van der Waals surface area contributed by atoms with Crippen LogP contribution in [0.2, 0.25) is 0 Å². The second-order valence-corrected chi connectivity index (χ2v) is 5.16. The number of carboxylic acid groups (broad SMARTS) is 1. The number of carboxylic acids is 1. The molecule has 1 heterocycles. The Kier molecular flexibility index (Phi) is 3.21. The third kappa shape index (κ3) is 2.40. The largest absolute Gasteiger partial charge is 0.478 e. The minimum absolute atomic E-state index is 0.305. The summed E-state index contributed by atoms with van der Waals surface area (Å²) in [7, 11) is 0. The second-order valence-electron chi connectivity index (χ2n) is 3.09. The molecule has 0 amide bonds. The number of aromatic nitrogens is 2. The molecule has 0 aliphatic rings. The van der Waals surface area contributed by atoms with Crippen LogP contribution in [0.4, 0.5) is 0 Å². The van der Waals surface area contributed by atoms with E-state index in [0.29, 0.717) is 5.56 Å². The third-order valence-electron chi connectivity index (χ3n) is 1.96. The molecule has 2 aromatic rings. The monoisotopic (exact) mass is 252 g/mol. The molecule has 0 fully saturated rings. The number of aryl methyl sites for hydroxylation is 1. The lowest BCUT2D eigenvalue weighted by Crippen LogP contribution is -1.96. The second kappa shape index (κ2) is 4.63. The highest BCUT2D eigenvalue weighted by Crippen LogP contribution is 2.30. The van der Waals surface area contributed by atoms with Gasteiger partial charge in [-0.05, 0) is 42.2 Å². The van der Waals surface area contributed by atoms with Crippen LogP contribution in [0.3, 0.4) is 0 Å². The molecule has 1 aromatic carbocycles. The summed E-state index contributed by atoms with van der Waals surface area (Å²) in [4.78, 5) is 15.8. The molecule has 0 bridgehead atoms. The first-order chi connectivity index (χ1) is 7.66. The van der Waals surface area contributed by atoms with E-state index in [1.54, 1.807) is 18.2 Å². The summed E-state index contributed by atoms with van der Waals surface area (Å²) in [5.41, 5.74) is 1.24. The summed E-state index contributed by atoms with van der Waals surface area (Å²) in [5.74, 6) is -0.907. The standard InChI is InChI=1S/C10H8N2O2S2/c1-6-4-7(9(13)14)2-3-8(6)15-10-11-5-12-16-10/h2-5H,1H3,(H,13,14). The van der Waals surface area contributed by atoms with Crippen molar-refractivity contribution in [3.05, 3.63) is 35.7 Å². The first-order valence-corrected chi connectivity index (χ1v) is 6.04. The highest BCUT2D eigenvalue weighted by molar-refractivity contribution is 8.01. The van der Waals surface area contributed by atoms with Gasteiger partial charge in [-0.15, -0.1) is 0 Å². The van der Waals surface area contributed by atoms with E-state index in [-0.39, 0.29) is 0 Å². The van der Waals surface area contributed by atoms with Crippen LogP contribution in [0, 0.1) is 6.92 Å². The third-order valence-corrected chi connectivity index (χ3v) is 3.85. The summed E-state index contributed by atoms with van der Waals surface area (Å²) in [6, 6.07) is 5.05. The normalized spacial score (nSPS) is 10.3. The van der Waals surface area contributed by atoms with Gasteiger partial charge in [-0.3, -0.25) is 0 Å². The molecular formula is C10H8N2O2S2. The summed E-state index contributed by atoms with van der Waals surface area (Å²) in [6.07, 6.45) is 1.51. The van der Waals surface area contributed by atoms with Crippen molar-refractivity contribution in [1.82, 2.24) is 9.36 Å². The molecule has 0 saturated carbocycles. The number of aromatic carboxylic acids is 1. The van der Waals surface area contributed by atoms with Crippen molar-refractivity contribution in [3.63, 3.8) is 0 Å². The van der Waals surface area contributed by atoms with Crippen LogP contribution in [0.15, 0.2) is 33.8 Å². The zero-order valence-electron chi connectivity index (χ0n) is 8.38. The molecule has 0 radical (unpaired) electrons. The predicted molar refractivity (Wildman–Crippen MR) is 62.2 cm³/mol. The Morgan fingerprint density at radius 1 is 1.50 bits per heavy atom. The minimum Gasteiger partial charge on any atom is -0.478 e. The van der Waals surface area contributed by atoms with Gasteiger partial charge in [0.1, 0.15) is 6.33 Å². The van der Waals surface area contributed by atoms with Gasteiger partial charge in [0.05, 0.1) is 5.56 Å². The van der Waals surface area contributed by atoms with Crippen molar-refractivity contribution < 1.29 is 9.90 Å². The average Bonchev–Trinajstić information content (AvgIpc) is 2.73. The van der Waals surface area contributed by atoms with Crippen molar-refractivity contribution >= 4 is 29.3 Å². The maximum absolute atomic E-state index is 10.8. The molecule has 0 saturated heterocycles. The fourth-order valence-corrected chi connectivity index (χ4v) is 2.67. The highest BCUT2D eigenvalue weighted by Gasteiger charge is 2.08. The maximum atomic E-state index is 10.8. The number of carbonyl (C=O) groups is 1. The van der Waals surface area contributed by atoms with Crippen molar-refractivity contribution in [2.75, 3.05) is 0 Å². The van der Waals surface area contributed by atoms with Crippen LogP contribution < -0.4 is 0 Å².